The first-order valence-electron chi connectivity index (χ1n) is 13.6. The van der Waals surface area contributed by atoms with Gasteiger partial charge in [0.15, 0.2) is 16.6 Å². The van der Waals surface area contributed by atoms with Crippen LogP contribution in [0.15, 0.2) is 24.3 Å². The number of hydrogen-bond donors (Lipinski definition) is 2. The summed E-state index contributed by atoms with van der Waals surface area (Å²) in [6, 6.07) is 6.25. The fourth-order valence-electron chi connectivity index (χ4n) is 6.91. The summed E-state index contributed by atoms with van der Waals surface area (Å²) < 4.78 is 54.6. The molecule has 0 spiro atoms. The maximum Gasteiger partial charge on any atom is 0.586 e. The van der Waals surface area contributed by atoms with Gasteiger partial charge in [-0.05, 0) is 31.5 Å². The molecule has 11 nitrogen and oxygen atoms in total. The smallest absolute Gasteiger partial charge is 0.496 e. The minimum absolute atomic E-state index is 0.0202. The first-order valence-corrected chi connectivity index (χ1v) is 14.4. The highest BCUT2D eigenvalue weighted by Gasteiger charge is 2.60. The van der Waals surface area contributed by atoms with Crippen molar-refractivity contribution in [1.82, 2.24) is 10.3 Å². The molecule has 2 unspecified atom stereocenters. The van der Waals surface area contributed by atoms with Crippen LogP contribution >= 0.6 is 11.3 Å². The fraction of sp³-hybridized carbons (Fsp3) is 0.464. The zero-order valence-corrected chi connectivity index (χ0v) is 23.4. The molecular weight excluding hydrogens is 574 g/mol. The lowest BCUT2D eigenvalue weighted by atomic mass is 9.69. The zero-order chi connectivity index (χ0) is 29.0. The average molecular weight is 601 g/mol. The van der Waals surface area contributed by atoms with E-state index in [1.807, 2.05) is 6.92 Å². The number of benzene rings is 2. The number of amides is 2. The molecule has 5 fully saturated rings. The Morgan fingerprint density at radius 3 is 2.52 bits per heavy atom. The molecule has 5 aliphatic heterocycles. The van der Waals surface area contributed by atoms with Crippen LogP contribution in [0.5, 0.6) is 17.2 Å². The summed E-state index contributed by atoms with van der Waals surface area (Å²) in [5.74, 6) is -1.47. The molecule has 1 aromatic heterocycles. The topological polar surface area (TPSA) is 120 Å². The third-order valence-electron chi connectivity index (χ3n) is 8.66. The number of fused-ring (bicyclic) bond motifs is 5. The number of aromatic nitrogens is 1. The highest BCUT2D eigenvalue weighted by Crippen LogP contribution is 2.52. The van der Waals surface area contributed by atoms with Gasteiger partial charge in [0, 0.05) is 18.9 Å². The first kappa shape index (κ1) is 25.9. The number of nitrogens with zero attached hydrogens (tertiary/aromatic N) is 2. The van der Waals surface area contributed by atoms with Gasteiger partial charge < -0.3 is 39.2 Å². The summed E-state index contributed by atoms with van der Waals surface area (Å²) in [4.78, 5) is 34.4. The molecule has 2 amide bonds. The van der Waals surface area contributed by atoms with Crippen molar-refractivity contribution in [2.75, 3.05) is 37.1 Å². The molecule has 6 aliphatic rings. The van der Waals surface area contributed by atoms with Crippen molar-refractivity contribution < 1.29 is 42.1 Å². The quantitative estimate of drug-likeness (QED) is 0.434. The summed E-state index contributed by atoms with van der Waals surface area (Å²) in [5.41, 5.74) is -0.0834. The molecule has 9 rings (SSSR count). The fourth-order valence-corrected chi connectivity index (χ4v) is 8.15. The van der Waals surface area contributed by atoms with Gasteiger partial charge >= 0.3 is 6.29 Å². The van der Waals surface area contributed by atoms with Crippen molar-refractivity contribution in [2.24, 2.45) is 0 Å². The summed E-state index contributed by atoms with van der Waals surface area (Å²) in [6.07, 6.45) is -1.60. The number of hydrogen-bond acceptors (Lipinski definition) is 10. The Labute approximate surface area is 242 Å². The molecule has 42 heavy (non-hydrogen) atoms. The molecule has 14 heteroatoms. The van der Waals surface area contributed by atoms with E-state index in [1.165, 1.54) is 24.5 Å². The van der Waals surface area contributed by atoms with Crippen molar-refractivity contribution in [3.8, 4) is 17.2 Å². The normalized spacial score (nSPS) is 29.6. The standard InChI is InChI=1S/C28H26F2N4O7S/c1-26-10-27(11-26,12-39-26)33-23(35)15-6-19-20(41-28(29,30)40-19)7-17(15)31-24(36)21-18(37-2)4-3-16-22(21)42-25(32-16)34-13-5-14(34)9-38-8-13/h3-4,6-7,13-14H,5,8-12H2,1-2H3,(H,31,36)(H,33,35). The molecule has 220 valence electrons. The molecule has 2 atom stereocenters. The van der Waals surface area contributed by atoms with Crippen molar-refractivity contribution in [1.29, 1.82) is 0 Å². The lowest BCUT2D eigenvalue weighted by Gasteiger charge is -2.52. The van der Waals surface area contributed by atoms with Gasteiger partial charge in [-0.3, -0.25) is 9.59 Å². The number of carbonyl (C=O) groups is 2. The average Bonchev–Trinajstić information content (AvgIpc) is 3.65. The highest BCUT2D eigenvalue weighted by molar-refractivity contribution is 7.22. The monoisotopic (exact) mass is 600 g/mol. The van der Waals surface area contributed by atoms with Gasteiger partial charge in [0.2, 0.25) is 0 Å². The first-order chi connectivity index (χ1) is 20.0. The van der Waals surface area contributed by atoms with Crippen LogP contribution in [0.4, 0.5) is 19.6 Å². The third-order valence-corrected chi connectivity index (χ3v) is 9.76. The number of ether oxygens (including phenoxy) is 5. The molecule has 4 saturated heterocycles. The van der Waals surface area contributed by atoms with Gasteiger partial charge in [0.1, 0.15) is 11.3 Å². The van der Waals surface area contributed by atoms with Crippen molar-refractivity contribution in [3.05, 3.63) is 35.4 Å². The number of morpholine rings is 1. The highest BCUT2D eigenvalue weighted by atomic mass is 32.1. The number of nitrogens with one attached hydrogen (secondary N) is 2. The number of carbonyl (C=O) groups excluding carboxylic acids is 2. The summed E-state index contributed by atoms with van der Waals surface area (Å²) in [5, 5.41) is 6.52. The molecule has 6 heterocycles. The van der Waals surface area contributed by atoms with E-state index in [1.54, 1.807) is 12.1 Å². The number of methoxy groups -OCH3 is 1. The van der Waals surface area contributed by atoms with E-state index in [2.05, 4.69) is 25.0 Å². The minimum Gasteiger partial charge on any atom is -0.496 e. The molecule has 3 aromatic rings. The van der Waals surface area contributed by atoms with Crippen molar-refractivity contribution >= 4 is 44.2 Å². The maximum absolute atomic E-state index is 13.9. The van der Waals surface area contributed by atoms with E-state index in [0.717, 1.165) is 17.6 Å². The van der Waals surface area contributed by atoms with Gasteiger partial charge in [0.25, 0.3) is 11.8 Å². The number of anilines is 2. The number of rotatable bonds is 6. The number of thiazole rings is 1. The van der Waals surface area contributed by atoms with E-state index in [0.29, 0.717) is 48.6 Å². The van der Waals surface area contributed by atoms with Crippen molar-refractivity contribution in [3.63, 3.8) is 0 Å². The molecule has 4 bridgehead atoms. The largest absolute Gasteiger partial charge is 0.586 e. The van der Waals surface area contributed by atoms with Gasteiger partial charge in [-0.25, -0.2) is 4.98 Å². The predicted octanol–water partition coefficient (Wildman–Crippen LogP) is 3.91. The van der Waals surface area contributed by atoms with Crippen LogP contribution in [-0.2, 0) is 9.47 Å². The summed E-state index contributed by atoms with van der Waals surface area (Å²) >= 11 is 1.37. The van der Waals surface area contributed by atoms with E-state index in [-0.39, 0.29) is 46.0 Å². The van der Waals surface area contributed by atoms with Crippen LogP contribution in [0.25, 0.3) is 10.2 Å². The van der Waals surface area contributed by atoms with Gasteiger partial charge in [-0.1, -0.05) is 11.3 Å². The van der Waals surface area contributed by atoms with Crippen LogP contribution in [0.3, 0.4) is 0 Å². The van der Waals surface area contributed by atoms with Crippen LogP contribution in [0.1, 0.15) is 46.9 Å². The van der Waals surface area contributed by atoms with E-state index in [9.17, 15) is 18.4 Å². The van der Waals surface area contributed by atoms with Crippen LogP contribution in [0.2, 0.25) is 0 Å². The zero-order valence-electron chi connectivity index (χ0n) is 22.6. The van der Waals surface area contributed by atoms with Gasteiger partial charge in [-0.2, -0.15) is 0 Å². The van der Waals surface area contributed by atoms with E-state index in [4.69, 9.17) is 19.2 Å². The Kier molecular flexibility index (Phi) is 5.33. The molecule has 2 N–H and O–H groups in total. The Bertz CT molecular complexity index is 1660. The molecular formula is C28H26F2N4O7S. The third kappa shape index (κ3) is 3.92. The van der Waals surface area contributed by atoms with Crippen molar-refractivity contribution in [2.45, 2.75) is 55.7 Å². The van der Waals surface area contributed by atoms with Crippen LogP contribution in [0, 0.1) is 0 Å². The van der Waals surface area contributed by atoms with E-state index < -0.39 is 23.6 Å². The van der Waals surface area contributed by atoms with Crippen LogP contribution < -0.4 is 29.7 Å². The number of alkyl halides is 2. The molecule has 0 radical (unpaired) electrons. The second kappa shape index (κ2) is 8.64. The summed E-state index contributed by atoms with van der Waals surface area (Å²) in [7, 11) is 1.45. The second-order valence-corrected chi connectivity index (χ2v) is 12.7. The Morgan fingerprint density at radius 2 is 1.86 bits per heavy atom. The summed E-state index contributed by atoms with van der Waals surface area (Å²) in [6.45, 7) is 3.57. The Hall–Kier alpha value is -3.75. The molecule has 2 aromatic carbocycles. The molecule has 1 saturated carbocycles. The lowest BCUT2D eigenvalue weighted by Crippen LogP contribution is -2.64. The lowest BCUT2D eigenvalue weighted by molar-refractivity contribution is -0.286. The Morgan fingerprint density at radius 1 is 1.12 bits per heavy atom. The van der Waals surface area contributed by atoms with Crippen LogP contribution in [-0.4, -0.2) is 73.2 Å². The Balaban J connectivity index is 1.15. The van der Waals surface area contributed by atoms with Gasteiger partial charge in [-0.15, -0.1) is 8.78 Å². The SMILES string of the molecule is COc1ccc2nc(N3C4COCC3C4)sc2c1C(=O)Nc1cc2c(cc1C(=O)NC13COC(C)(C1)C3)OC(F)(F)O2. The second-order valence-electron chi connectivity index (χ2n) is 11.8. The minimum atomic E-state index is -3.90. The predicted molar refractivity (Wildman–Crippen MR) is 146 cm³/mol. The number of halogens is 2. The maximum atomic E-state index is 13.9. The molecule has 1 aliphatic carbocycles. The van der Waals surface area contributed by atoms with E-state index >= 15 is 0 Å². The van der Waals surface area contributed by atoms with Gasteiger partial charge in [0.05, 0.1) is 71.6 Å².